The van der Waals surface area contributed by atoms with E-state index in [2.05, 4.69) is 16.6 Å². The summed E-state index contributed by atoms with van der Waals surface area (Å²) in [5, 5.41) is 13.8. The predicted molar refractivity (Wildman–Crippen MR) is 76.4 cm³/mol. The van der Waals surface area contributed by atoms with E-state index >= 15 is 0 Å². The molecule has 100 valence electrons. The molecule has 0 spiro atoms. The molecule has 1 aromatic rings. The molecule has 18 heavy (non-hydrogen) atoms. The number of thioether (sulfide) groups is 1. The summed E-state index contributed by atoms with van der Waals surface area (Å²) in [5.74, 6) is 1.91. The average molecular weight is 269 g/mol. The summed E-state index contributed by atoms with van der Waals surface area (Å²) in [7, 11) is 0. The first kappa shape index (κ1) is 14.8. The first-order chi connectivity index (χ1) is 8.65. The Morgan fingerprint density at radius 1 is 1.39 bits per heavy atom. The molecule has 0 aliphatic rings. The van der Waals surface area contributed by atoms with Crippen LogP contribution in [0.15, 0.2) is 12.1 Å². The Bertz CT molecular complexity index is 399. The predicted octanol–water partition coefficient (Wildman–Crippen LogP) is 3.24. The summed E-state index contributed by atoms with van der Waals surface area (Å²) < 4.78 is 0. The Balaban J connectivity index is 2.35. The van der Waals surface area contributed by atoms with Gasteiger partial charge in [0, 0.05) is 12.6 Å². The number of rotatable bonds is 8. The molecular formula is C12H19N3O2S. The Morgan fingerprint density at radius 2 is 2.17 bits per heavy atom. The zero-order valence-corrected chi connectivity index (χ0v) is 11.6. The van der Waals surface area contributed by atoms with E-state index in [1.54, 1.807) is 13.0 Å². The van der Waals surface area contributed by atoms with Crippen molar-refractivity contribution in [1.29, 1.82) is 0 Å². The third-order valence-corrected chi connectivity index (χ3v) is 3.28. The van der Waals surface area contributed by atoms with Gasteiger partial charge < -0.3 is 5.32 Å². The molecule has 0 fully saturated rings. The van der Waals surface area contributed by atoms with Crippen LogP contribution in [0.3, 0.4) is 0 Å². The largest absolute Gasteiger partial charge is 0.370 e. The molecule has 0 bridgehead atoms. The summed E-state index contributed by atoms with van der Waals surface area (Å²) in [6.07, 6.45) is 5.63. The van der Waals surface area contributed by atoms with Crippen LogP contribution in [0, 0.1) is 17.0 Å². The third kappa shape index (κ3) is 4.91. The number of pyridine rings is 1. The molecule has 0 aliphatic heterocycles. The van der Waals surface area contributed by atoms with Crippen molar-refractivity contribution in [2.24, 2.45) is 0 Å². The van der Waals surface area contributed by atoms with Crippen molar-refractivity contribution in [3.05, 3.63) is 27.9 Å². The maximum absolute atomic E-state index is 10.6. The highest BCUT2D eigenvalue weighted by atomic mass is 32.2. The molecule has 0 amide bonds. The van der Waals surface area contributed by atoms with E-state index in [0.717, 1.165) is 13.0 Å². The zero-order chi connectivity index (χ0) is 13.4. The molecule has 0 atom stereocenters. The maximum atomic E-state index is 10.6. The fourth-order valence-corrected chi connectivity index (χ4v) is 2.10. The van der Waals surface area contributed by atoms with Gasteiger partial charge in [-0.25, -0.2) is 4.98 Å². The van der Waals surface area contributed by atoms with Gasteiger partial charge in [0.2, 0.25) is 0 Å². The van der Waals surface area contributed by atoms with Crippen molar-refractivity contribution in [1.82, 2.24) is 4.98 Å². The van der Waals surface area contributed by atoms with Crippen LogP contribution in [-0.4, -0.2) is 28.5 Å². The highest BCUT2D eigenvalue weighted by Gasteiger charge is 2.11. The van der Waals surface area contributed by atoms with Gasteiger partial charge in [0.15, 0.2) is 0 Å². The summed E-state index contributed by atoms with van der Waals surface area (Å²) >= 11 is 1.87. The van der Waals surface area contributed by atoms with E-state index in [4.69, 9.17) is 0 Å². The molecule has 0 aromatic carbocycles. The number of anilines is 1. The van der Waals surface area contributed by atoms with Crippen LogP contribution in [0.2, 0.25) is 0 Å². The standard InChI is InChI=1S/C12H19N3O2S/c1-10-11(15(16)17)6-7-12(14-10)13-8-4-3-5-9-18-2/h6-7H,3-5,8-9H2,1-2H3,(H,13,14). The minimum atomic E-state index is -0.408. The van der Waals surface area contributed by atoms with Gasteiger partial charge >= 0.3 is 0 Å². The molecule has 0 unspecified atom stereocenters. The summed E-state index contributed by atoms with van der Waals surface area (Å²) in [4.78, 5) is 14.4. The highest BCUT2D eigenvalue weighted by molar-refractivity contribution is 7.98. The van der Waals surface area contributed by atoms with Gasteiger partial charge in [-0.2, -0.15) is 11.8 Å². The number of nitro groups is 1. The fraction of sp³-hybridized carbons (Fsp3) is 0.583. The lowest BCUT2D eigenvalue weighted by atomic mass is 10.2. The second-order valence-electron chi connectivity index (χ2n) is 4.04. The Morgan fingerprint density at radius 3 is 2.78 bits per heavy atom. The Hall–Kier alpha value is -1.30. The molecule has 0 aliphatic carbocycles. The first-order valence-corrected chi connectivity index (χ1v) is 7.39. The van der Waals surface area contributed by atoms with E-state index in [1.807, 2.05) is 11.8 Å². The molecule has 0 saturated carbocycles. The van der Waals surface area contributed by atoms with Crippen LogP contribution < -0.4 is 5.32 Å². The quantitative estimate of drug-likeness (QED) is 0.446. The average Bonchev–Trinajstić information content (AvgIpc) is 2.33. The lowest BCUT2D eigenvalue weighted by Crippen LogP contribution is -2.05. The van der Waals surface area contributed by atoms with Crippen LogP contribution in [0.5, 0.6) is 0 Å². The molecule has 1 rings (SSSR count). The molecule has 0 saturated heterocycles. The molecule has 0 radical (unpaired) electrons. The van der Waals surface area contributed by atoms with Crippen LogP contribution in [0.1, 0.15) is 25.0 Å². The molecule has 6 heteroatoms. The lowest BCUT2D eigenvalue weighted by molar-refractivity contribution is -0.385. The summed E-state index contributed by atoms with van der Waals surface area (Å²) in [5.41, 5.74) is 0.521. The highest BCUT2D eigenvalue weighted by Crippen LogP contribution is 2.17. The molecule has 1 aromatic heterocycles. The number of nitrogens with one attached hydrogen (secondary N) is 1. The van der Waals surface area contributed by atoms with Crippen molar-refractivity contribution < 1.29 is 4.92 Å². The van der Waals surface area contributed by atoms with E-state index in [9.17, 15) is 10.1 Å². The van der Waals surface area contributed by atoms with Gasteiger partial charge in [-0.3, -0.25) is 10.1 Å². The second-order valence-corrected chi connectivity index (χ2v) is 5.02. The fourth-order valence-electron chi connectivity index (χ4n) is 1.61. The van der Waals surface area contributed by atoms with Crippen molar-refractivity contribution in [3.8, 4) is 0 Å². The van der Waals surface area contributed by atoms with Crippen molar-refractivity contribution in [3.63, 3.8) is 0 Å². The number of hydrogen-bond acceptors (Lipinski definition) is 5. The van der Waals surface area contributed by atoms with Gasteiger partial charge in [0.25, 0.3) is 5.69 Å². The summed E-state index contributed by atoms with van der Waals surface area (Å²) in [6.45, 7) is 2.51. The molecular weight excluding hydrogens is 250 g/mol. The minimum absolute atomic E-state index is 0.0699. The number of aromatic nitrogens is 1. The van der Waals surface area contributed by atoms with E-state index in [-0.39, 0.29) is 5.69 Å². The minimum Gasteiger partial charge on any atom is -0.370 e. The molecule has 1 N–H and O–H groups in total. The van der Waals surface area contributed by atoms with Crippen LogP contribution in [-0.2, 0) is 0 Å². The molecule has 5 nitrogen and oxygen atoms in total. The number of unbranched alkanes of at least 4 members (excludes halogenated alkanes) is 2. The Labute approximate surface area is 112 Å². The molecule has 1 heterocycles. The SMILES string of the molecule is CSCCCCCNc1ccc([N+](=O)[O-])c(C)n1. The topological polar surface area (TPSA) is 68.1 Å². The second kappa shape index (κ2) is 7.92. The number of hydrogen-bond donors (Lipinski definition) is 1. The zero-order valence-electron chi connectivity index (χ0n) is 10.8. The van der Waals surface area contributed by atoms with Crippen LogP contribution in [0.4, 0.5) is 11.5 Å². The summed E-state index contributed by atoms with van der Waals surface area (Å²) in [6, 6.07) is 3.16. The van der Waals surface area contributed by atoms with Crippen molar-refractivity contribution in [2.45, 2.75) is 26.2 Å². The van der Waals surface area contributed by atoms with E-state index in [0.29, 0.717) is 11.5 Å². The third-order valence-electron chi connectivity index (χ3n) is 2.59. The van der Waals surface area contributed by atoms with E-state index < -0.39 is 4.92 Å². The maximum Gasteiger partial charge on any atom is 0.290 e. The smallest absolute Gasteiger partial charge is 0.290 e. The van der Waals surface area contributed by atoms with Gasteiger partial charge in [-0.1, -0.05) is 6.42 Å². The first-order valence-electron chi connectivity index (χ1n) is 6.00. The Kier molecular flexibility index (Phi) is 6.49. The number of aryl methyl sites for hydroxylation is 1. The van der Waals surface area contributed by atoms with Gasteiger partial charge in [-0.05, 0) is 37.8 Å². The van der Waals surface area contributed by atoms with Crippen molar-refractivity contribution in [2.75, 3.05) is 23.9 Å². The van der Waals surface area contributed by atoms with Crippen molar-refractivity contribution >= 4 is 23.3 Å². The van der Waals surface area contributed by atoms with Crippen LogP contribution >= 0.6 is 11.8 Å². The normalized spacial score (nSPS) is 10.3. The van der Waals surface area contributed by atoms with Crippen LogP contribution in [0.25, 0.3) is 0 Å². The van der Waals surface area contributed by atoms with Gasteiger partial charge in [-0.15, -0.1) is 0 Å². The number of nitrogens with zero attached hydrogens (tertiary/aromatic N) is 2. The monoisotopic (exact) mass is 269 g/mol. The van der Waals surface area contributed by atoms with E-state index in [1.165, 1.54) is 24.7 Å². The van der Waals surface area contributed by atoms with Gasteiger partial charge in [0.1, 0.15) is 11.5 Å². The van der Waals surface area contributed by atoms with Gasteiger partial charge in [0.05, 0.1) is 4.92 Å². The lowest BCUT2D eigenvalue weighted by Gasteiger charge is -2.06.